The van der Waals surface area contributed by atoms with Gasteiger partial charge in [-0.05, 0) is 31.6 Å². The maximum atomic E-state index is 12.2. The minimum Gasteiger partial charge on any atom is -0.362 e. The average molecular weight is 330 g/mol. The van der Waals surface area contributed by atoms with Crippen LogP contribution in [0.4, 0.5) is 0 Å². The molecule has 21 heavy (non-hydrogen) atoms. The molecular weight excluding hydrogens is 307 g/mol. The van der Waals surface area contributed by atoms with Crippen LogP contribution in [-0.2, 0) is 20.2 Å². The molecule has 0 unspecified atom stereocenters. The van der Waals surface area contributed by atoms with Crippen molar-refractivity contribution in [3.05, 3.63) is 35.9 Å². The van der Waals surface area contributed by atoms with Gasteiger partial charge in [-0.2, -0.15) is 0 Å². The number of hydrogen-bond donors (Lipinski definition) is 2. The van der Waals surface area contributed by atoms with Crippen molar-refractivity contribution in [2.75, 3.05) is 25.9 Å². The molecule has 0 aliphatic carbocycles. The van der Waals surface area contributed by atoms with Gasteiger partial charge in [-0.15, -0.1) is 0 Å². The van der Waals surface area contributed by atoms with Crippen LogP contribution in [0.15, 0.2) is 30.3 Å². The van der Waals surface area contributed by atoms with E-state index in [4.69, 9.17) is 21.3 Å². The quantitative estimate of drug-likeness (QED) is 0.536. The highest BCUT2D eigenvalue weighted by Gasteiger charge is 2.22. The molecule has 0 saturated carbocycles. The van der Waals surface area contributed by atoms with Crippen LogP contribution in [0.3, 0.4) is 0 Å². The first-order chi connectivity index (χ1) is 10.1. The molecule has 0 heterocycles. The van der Waals surface area contributed by atoms with Crippen molar-refractivity contribution in [3.8, 4) is 0 Å². The van der Waals surface area contributed by atoms with Crippen LogP contribution in [0.25, 0.3) is 0 Å². The summed E-state index contributed by atoms with van der Waals surface area (Å²) in [6.07, 6.45) is 0.293. The van der Waals surface area contributed by atoms with E-state index in [2.05, 4.69) is 10.6 Å². The van der Waals surface area contributed by atoms with E-state index < -0.39 is 7.60 Å². The molecule has 0 spiro atoms. The maximum absolute atomic E-state index is 12.2. The monoisotopic (exact) mass is 330 g/mol. The van der Waals surface area contributed by atoms with Gasteiger partial charge in [-0.1, -0.05) is 30.3 Å². The molecule has 2 N–H and O–H groups in total. The molecule has 0 aliphatic heterocycles. The predicted octanol–water partition coefficient (Wildman–Crippen LogP) is 2.92. The molecule has 1 rings (SSSR count). The first-order valence-electron chi connectivity index (χ1n) is 7.03. The third-order valence-electron chi connectivity index (χ3n) is 2.62. The smallest absolute Gasteiger partial charge is 0.332 e. The van der Waals surface area contributed by atoms with Crippen molar-refractivity contribution in [3.63, 3.8) is 0 Å². The van der Waals surface area contributed by atoms with E-state index in [9.17, 15) is 4.57 Å². The number of rotatable bonds is 9. The van der Waals surface area contributed by atoms with Gasteiger partial charge in [0.1, 0.15) is 0 Å². The van der Waals surface area contributed by atoms with Gasteiger partial charge in [0, 0.05) is 13.1 Å². The Bertz CT molecular complexity index is 461. The van der Waals surface area contributed by atoms with Gasteiger partial charge in [-0.3, -0.25) is 4.57 Å². The standard InChI is InChI=1S/C14H23N2O3PS/c1-3-18-20(17,19-4-2)11-10-15-14(21)16-12-13-8-6-5-7-9-13/h5-9H,3-4,10-12H2,1-2H3,(H2,15,16,21). The number of thiocarbonyl (C=S) groups is 1. The zero-order chi connectivity index (χ0) is 15.6. The molecule has 0 radical (unpaired) electrons. The van der Waals surface area contributed by atoms with Crippen molar-refractivity contribution in [1.82, 2.24) is 10.6 Å². The van der Waals surface area contributed by atoms with Gasteiger partial charge in [0.05, 0.1) is 19.4 Å². The van der Waals surface area contributed by atoms with Crippen LogP contribution in [0.5, 0.6) is 0 Å². The van der Waals surface area contributed by atoms with E-state index in [0.29, 0.717) is 37.6 Å². The Labute approximate surface area is 131 Å². The lowest BCUT2D eigenvalue weighted by Gasteiger charge is -2.17. The Morgan fingerprint density at radius 2 is 1.76 bits per heavy atom. The van der Waals surface area contributed by atoms with Crippen LogP contribution < -0.4 is 10.6 Å². The van der Waals surface area contributed by atoms with E-state index in [1.807, 2.05) is 30.3 Å². The molecule has 0 saturated heterocycles. The van der Waals surface area contributed by atoms with Crippen molar-refractivity contribution in [2.24, 2.45) is 0 Å². The summed E-state index contributed by atoms with van der Waals surface area (Å²) in [7, 11) is -3.00. The minimum absolute atomic E-state index is 0.293. The number of hydrogen-bond acceptors (Lipinski definition) is 4. The number of nitrogens with one attached hydrogen (secondary N) is 2. The summed E-state index contributed by atoms with van der Waals surface area (Å²) >= 11 is 5.18. The Morgan fingerprint density at radius 3 is 2.33 bits per heavy atom. The van der Waals surface area contributed by atoms with Crippen molar-refractivity contribution < 1.29 is 13.6 Å². The molecule has 0 bridgehead atoms. The number of benzene rings is 1. The van der Waals surface area contributed by atoms with Gasteiger partial charge < -0.3 is 19.7 Å². The van der Waals surface area contributed by atoms with Crippen LogP contribution >= 0.6 is 19.8 Å². The lowest BCUT2D eigenvalue weighted by Crippen LogP contribution is -2.36. The summed E-state index contributed by atoms with van der Waals surface area (Å²) in [5.41, 5.74) is 1.15. The highest BCUT2D eigenvalue weighted by atomic mass is 32.1. The van der Waals surface area contributed by atoms with Crippen LogP contribution in [0, 0.1) is 0 Å². The third-order valence-corrected chi connectivity index (χ3v) is 4.98. The normalized spacial score (nSPS) is 11.1. The second-order valence-electron chi connectivity index (χ2n) is 4.27. The zero-order valence-corrected chi connectivity index (χ0v) is 14.2. The lowest BCUT2D eigenvalue weighted by molar-refractivity contribution is 0.220. The highest BCUT2D eigenvalue weighted by Crippen LogP contribution is 2.47. The maximum Gasteiger partial charge on any atom is 0.332 e. The van der Waals surface area contributed by atoms with E-state index in [1.165, 1.54) is 0 Å². The molecule has 0 atom stereocenters. The molecule has 0 amide bonds. The Hall–Kier alpha value is -0.940. The van der Waals surface area contributed by atoms with E-state index in [1.54, 1.807) is 13.8 Å². The first kappa shape index (κ1) is 18.1. The molecule has 1 aromatic rings. The SMILES string of the molecule is CCOP(=O)(CCNC(=S)NCc1ccccc1)OCC. The van der Waals surface area contributed by atoms with Gasteiger partial charge >= 0.3 is 7.60 Å². The Kier molecular flexibility index (Phi) is 8.54. The Morgan fingerprint density at radius 1 is 1.14 bits per heavy atom. The molecule has 0 aliphatic rings. The summed E-state index contributed by atoms with van der Waals surface area (Å²) < 4.78 is 22.6. The molecule has 5 nitrogen and oxygen atoms in total. The van der Waals surface area contributed by atoms with E-state index >= 15 is 0 Å². The fraction of sp³-hybridized carbons (Fsp3) is 0.500. The second kappa shape index (κ2) is 9.90. The fourth-order valence-corrected chi connectivity index (χ4v) is 3.39. The summed E-state index contributed by atoms with van der Waals surface area (Å²) in [4.78, 5) is 0. The van der Waals surface area contributed by atoms with Gasteiger partial charge in [0.25, 0.3) is 0 Å². The minimum atomic E-state index is -3.00. The lowest BCUT2D eigenvalue weighted by atomic mass is 10.2. The summed E-state index contributed by atoms with van der Waals surface area (Å²) in [6.45, 7) is 5.43. The molecule has 0 aromatic heterocycles. The van der Waals surface area contributed by atoms with Crippen LogP contribution in [-0.4, -0.2) is 31.0 Å². The molecular formula is C14H23N2O3PS. The van der Waals surface area contributed by atoms with Crippen LogP contribution in [0.1, 0.15) is 19.4 Å². The molecule has 7 heteroatoms. The largest absolute Gasteiger partial charge is 0.362 e. The summed E-state index contributed by atoms with van der Waals surface area (Å²) in [6, 6.07) is 9.98. The van der Waals surface area contributed by atoms with E-state index in [0.717, 1.165) is 5.56 Å². The van der Waals surface area contributed by atoms with Crippen LogP contribution in [0.2, 0.25) is 0 Å². The van der Waals surface area contributed by atoms with Gasteiger partial charge in [0.15, 0.2) is 5.11 Å². The van der Waals surface area contributed by atoms with E-state index in [-0.39, 0.29) is 0 Å². The zero-order valence-electron chi connectivity index (χ0n) is 12.5. The highest BCUT2D eigenvalue weighted by molar-refractivity contribution is 7.80. The molecule has 118 valence electrons. The van der Waals surface area contributed by atoms with Crippen molar-refractivity contribution in [1.29, 1.82) is 0 Å². The average Bonchev–Trinajstić information content (AvgIpc) is 2.47. The second-order valence-corrected chi connectivity index (χ2v) is 6.86. The van der Waals surface area contributed by atoms with Crippen molar-refractivity contribution >= 4 is 24.9 Å². The van der Waals surface area contributed by atoms with Gasteiger partial charge in [0.2, 0.25) is 0 Å². The predicted molar refractivity (Wildman–Crippen MR) is 89.6 cm³/mol. The third kappa shape index (κ3) is 7.58. The molecule has 0 fully saturated rings. The first-order valence-corrected chi connectivity index (χ1v) is 9.17. The summed E-state index contributed by atoms with van der Waals surface area (Å²) in [5.74, 6) is 0. The Balaban J connectivity index is 2.27. The summed E-state index contributed by atoms with van der Waals surface area (Å²) in [5, 5.41) is 6.64. The van der Waals surface area contributed by atoms with Gasteiger partial charge in [-0.25, -0.2) is 0 Å². The fourth-order valence-electron chi connectivity index (χ4n) is 1.71. The topological polar surface area (TPSA) is 59.6 Å². The van der Waals surface area contributed by atoms with Crippen molar-refractivity contribution in [2.45, 2.75) is 20.4 Å². The molecule has 1 aromatic carbocycles.